The van der Waals surface area contributed by atoms with Crippen LogP contribution in [0.3, 0.4) is 0 Å². The van der Waals surface area contributed by atoms with Crippen molar-refractivity contribution in [1.82, 2.24) is 0 Å². The predicted octanol–water partition coefficient (Wildman–Crippen LogP) is 4.41. The highest BCUT2D eigenvalue weighted by Crippen LogP contribution is 2.29. The minimum Gasteiger partial charge on any atom is -0.497 e. The van der Waals surface area contributed by atoms with Crippen molar-refractivity contribution in [2.24, 2.45) is 11.8 Å². The van der Waals surface area contributed by atoms with Crippen molar-refractivity contribution in [3.63, 3.8) is 0 Å². The highest BCUT2D eigenvalue weighted by Gasteiger charge is 2.24. The molecule has 2 nitrogen and oxygen atoms in total. The molecule has 0 N–H and O–H groups in total. The maximum absolute atomic E-state index is 12.2. The SMILES string of the molecule is CCC1CCC(=O)C(CCc2cccc(OC)c2)CC1. The maximum atomic E-state index is 12.2. The van der Waals surface area contributed by atoms with Crippen LogP contribution in [0.25, 0.3) is 0 Å². The lowest BCUT2D eigenvalue weighted by molar-refractivity contribution is -0.122. The molecule has 0 spiro atoms. The summed E-state index contributed by atoms with van der Waals surface area (Å²) in [4.78, 5) is 12.2. The Morgan fingerprint density at radius 2 is 2.10 bits per heavy atom. The first-order chi connectivity index (χ1) is 9.72. The van der Waals surface area contributed by atoms with E-state index in [0.29, 0.717) is 5.78 Å². The van der Waals surface area contributed by atoms with Crippen LogP contribution in [0.1, 0.15) is 51.0 Å². The second kappa shape index (κ2) is 7.47. The smallest absolute Gasteiger partial charge is 0.135 e. The number of carbonyl (C=O) groups is 1. The van der Waals surface area contributed by atoms with Gasteiger partial charge < -0.3 is 4.74 Å². The quantitative estimate of drug-likeness (QED) is 0.743. The van der Waals surface area contributed by atoms with Crippen molar-refractivity contribution < 1.29 is 9.53 Å². The molecular weight excluding hydrogens is 248 g/mol. The van der Waals surface area contributed by atoms with Crippen LogP contribution in [-0.2, 0) is 11.2 Å². The molecule has 0 radical (unpaired) electrons. The molecule has 0 amide bonds. The third kappa shape index (κ3) is 4.09. The molecule has 0 aromatic heterocycles. The summed E-state index contributed by atoms with van der Waals surface area (Å²) in [5.74, 6) is 2.43. The number of ketones is 1. The Kier molecular flexibility index (Phi) is 5.63. The number of aryl methyl sites for hydroxylation is 1. The first kappa shape index (κ1) is 15.1. The van der Waals surface area contributed by atoms with Gasteiger partial charge in [-0.3, -0.25) is 4.79 Å². The number of carbonyl (C=O) groups excluding carboxylic acids is 1. The van der Waals surface area contributed by atoms with Crippen LogP contribution in [0.5, 0.6) is 5.75 Å². The largest absolute Gasteiger partial charge is 0.497 e. The zero-order valence-electron chi connectivity index (χ0n) is 12.7. The van der Waals surface area contributed by atoms with E-state index < -0.39 is 0 Å². The Balaban J connectivity index is 1.90. The van der Waals surface area contributed by atoms with Crippen LogP contribution < -0.4 is 4.74 Å². The molecule has 1 fully saturated rings. The van der Waals surface area contributed by atoms with Gasteiger partial charge in [0, 0.05) is 12.3 Å². The fraction of sp³-hybridized carbons (Fsp3) is 0.611. The summed E-state index contributed by atoms with van der Waals surface area (Å²) in [6, 6.07) is 8.19. The van der Waals surface area contributed by atoms with E-state index in [-0.39, 0.29) is 5.92 Å². The van der Waals surface area contributed by atoms with E-state index in [4.69, 9.17) is 4.74 Å². The number of methoxy groups -OCH3 is 1. The summed E-state index contributed by atoms with van der Waals surface area (Å²) in [5.41, 5.74) is 1.27. The van der Waals surface area contributed by atoms with Crippen molar-refractivity contribution in [3.05, 3.63) is 29.8 Å². The molecule has 20 heavy (non-hydrogen) atoms. The van der Waals surface area contributed by atoms with Crippen LogP contribution >= 0.6 is 0 Å². The van der Waals surface area contributed by atoms with Gasteiger partial charge in [-0.1, -0.05) is 25.5 Å². The average molecular weight is 274 g/mol. The van der Waals surface area contributed by atoms with Crippen molar-refractivity contribution in [2.75, 3.05) is 7.11 Å². The van der Waals surface area contributed by atoms with Gasteiger partial charge in [-0.15, -0.1) is 0 Å². The van der Waals surface area contributed by atoms with Crippen LogP contribution in [0.4, 0.5) is 0 Å². The number of hydrogen-bond donors (Lipinski definition) is 0. The maximum Gasteiger partial charge on any atom is 0.135 e. The Morgan fingerprint density at radius 1 is 1.25 bits per heavy atom. The molecule has 0 heterocycles. The van der Waals surface area contributed by atoms with Gasteiger partial charge in [0.25, 0.3) is 0 Å². The summed E-state index contributed by atoms with van der Waals surface area (Å²) >= 11 is 0. The summed E-state index contributed by atoms with van der Waals surface area (Å²) in [5, 5.41) is 0. The molecular formula is C18H26O2. The molecule has 1 aliphatic carbocycles. The summed E-state index contributed by atoms with van der Waals surface area (Å²) in [6.45, 7) is 2.24. The predicted molar refractivity (Wildman–Crippen MR) is 82.1 cm³/mol. The Morgan fingerprint density at radius 3 is 2.85 bits per heavy atom. The third-order valence-electron chi connectivity index (χ3n) is 4.67. The van der Waals surface area contributed by atoms with Crippen LogP contribution in [0.15, 0.2) is 24.3 Å². The second-order valence-electron chi connectivity index (χ2n) is 5.94. The molecule has 2 unspecified atom stereocenters. The van der Waals surface area contributed by atoms with Crippen LogP contribution in [0.2, 0.25) is 0 Å². The first-order valence-electron chi connectivity index (χ1n) is 7.88. The highest BCUT2D eigenvalue weighted by molar-refractivity contribution is 5.81. The van der Waals surface area contributed by atoms with Gasteiger partial charge >= 0.3 is 0 Å². The lowest BCUT2D eigenvalue weighted by Crippen LogP contribution is -2.13. The van der Waals surface area contributed by atoms with Crippen molar-refractivity contribution in [3.8, 4) is 5.75 Å². The highest BCUT2D eigenvalue weighted by atomic mass is 16.5. The molecule has 110 valence electrons. The summed E-state index contributed by atoms with van der Waals surface area (Å²) in [6.07, 6.45) is 7.39. The van der Waals surface area contributed by atoms with Crippen molar-refractivity contribution >= 4 is 5.78 Å². The topological polar surface area (TPSA) is 26.3 Å². The normalized spacial score (nSPS) is 23.4. The summed E-state index contributed by atoms with van der Waals surface area (Å²) < 4.78 is 5.25. The van der Waals surface area contributed by atoms with Gasteiger partial charge in [-0.25, -0.2) is 0 Å². The van der Waals surface area contributed by atoms with Gasteiger partial charge in [0.2, 0.25) is 0 Å². The zero-order valence-corrected chi connectivity index (χ0v) is 12.7. The number of benzene rings is 1. The van der Waals surface area contributed by atoms with Crippen LogP contribution in [0, 0.1) is 11.8 Å². The first-order valence-corrected chi connectivity index (χ1v) is 7.88. The van der Waals surface area contributed by atoms with E-state index in [9.17, 15) is 4.79 Å². The minimum absolute atomic E-state index is 0.276. The minimum atomic E-state index is 0.276. The molecule has 1 aromatic rings. The zero-order chi connectivity index (χ0) is 14.4. The Labute approximate surface area is 122 Å². The summed E-state index contributed by atoms with van der Waals surface area (Å²) in [7, 11) is 1.69. The molecule has 0 aliphatic heterocycles. The van der Waals surface area contributed by atoms with Crippen molar-refractivity contribution in [1.29, 1.82) is 0 Å². The van der Waals surface area contributed by atoms with E-state index in [0.717, 1.165) is 43.8 Å². The van der Waals surface area contributed by atoms with E-state index in [2.05, 4.69) is 19.1 Å². The molecule has 2 atom stereocenters. The monoisotopic (exact) mass is 274 g/mol. The van der Waals surface area contributed by atoms with Crippen LogP contribution in [-0.4, -0.2) is 12.9 Å². The lowest BCUT2D eigenvalue weighted by Gasteiger charge is -2.13. The number of hydrogen-bond acceptors (Lipinski definition) is 2. The third-order valence-corrected chi connectivity index (χ3v) is 4.67. The average Bonchev–Trinajstić information content (AvgIpc) is 2.67. The lowest BCUT2D eigenvalue weighted by atomic mass is 9.91. The van der Waals surface area contributed by atoms with Gasteiger partial charge in [-0.2, -0.15) is 0 Å². The molecule has 2 rings (SSSR count). The van der Waals surface area contributed by atoms with Gasteiger partial charge in [0.1, 0.15) is 11.5 Å². The Bertz CT molecular complexity index is 439. The Hall–Kier alpha value is -1.31. The fourth-order valence-corrected chi connectivity index (χ4v) is 3.18. The molecule has 2 heteroatoms. The van der Waals surface area contributed by atoms with Crippen molar-refractivity contribution in [2.45, 2.75) is 51.9 Å². The number of ether oxygens (including phenoxy) is 1. The van der Waals surface area contributed by atoms with Gasteiger partial charge in [0.15, 0.2) is 0 Å². The van der Waals surface area contributed by atoms with Gasteiger partial charge in [-0.05, 0) is 55.7 Å². The number of rotatable bonds is 5. The number of Topliss-reactive ketones (excluding diaryl/α,β-unsaturated/α-hetero) is 1. The standard InChI is InChI=1S/C18H26O2/c1-3-14-7-10-16(18(19)12-9-14)11-8-15-5-4-6-17(13-15)20-2/h4-6,13-14,16H,3,7-12H2,1-2H3. The molecule has 1 aromatic carbocycles. The van der Waals surface area contributed by atoms with Gasteiger partial charge in [0.05, 0.1) is 7.11 Å². The second-order valence-corrected chi connectivity index (χ2v) is 5.94. The molecule has 0 bridgehead atoms. The van der Waals surface area contributed by atoms with E-state index >= 15 is 0 Å². The molecule has 0 saturated heterocycles. The molecule has 1 aliphatic rings. The van der Waals surface area contributed by atoms with E-state index in [1.807, 2.05) is 12.1 Å². The van der Waals surface area contributed by atoms with E-state index in [1.54, 1.807) is 7.11 Å². The molecule has 1 saturated carbocycles. The fourth-order valence-electron chi connectivity index (χ4n) is 3.18. The van der Waals surface area contributed by atoms with E-state index in [1.165, 1.54) is 18.4 Å².